The highest BCUT2D eigenvalue weighted by Crippen LogP contribution is 2.29. The van der Waals surface area contributed by atoms with E-state index in [4.69, 9.17) is 4.74 Å². The Labute approximate surface area is 158 Å². The molecule has 0 aliphatic heterocycles. The summed E-state index contributed by atoms with van der Waals surface area (Å²) in [5, 5.41) is 0. The van der Waals surface area contributed by atoms with Crippen molar-refractivity contribution in [1.82, 2.24) is 15.8 Å². The molecule has 3 N–H and O–H groups in total. The molecular formula is C19H16BrN3O3. The van der Waals surface area contributed by atoms with E-state index < -0.39 is 11.8 Å². The lowest BCUT2D eigenvalue weighted by molar-refractivity contribution is -0.123. The molecule has 0 spiro atoms. The third kappa shape index (κ3) is 4.52. The third-order valence-electron chi connectivity index (χ3n) is 3.54. The van der Waals surface area contributed by atoms with Gasteiger partial charge in [0.05, 0.1) is 0 Å². The van der Waals surface area contributed by atoms with Crippen molar-refractivity contribution in [1.29, 1.82) is 0 Å². The van der Waals surface area contributed by atoms with Crippen molar-refractivity contribution in [3.05, 3.63) is 77.0 Å². The average Bonchev–Trinajstić information content (AvgIpc) is 3.12. The highest BCUT2D eigenvalue weighted by molar-refractivity contribution is 9.10. The number of H-pyrrole nitrogens is 1. The maximum absolute atomic E-state index is 11.9. The zero-order valence-electron chi connectivity index (χ0n) is 13.7. The molecule has 2 amide bonds. The van der Waals surface area contributed by atoms with Crippen LogP contribution in [-0.2, 0) is 4.79 Å². The minimum atomic E-state index is -0.466. The molecule has 3 rings (SSSR count). The number of carbonyl (C=O) groups is 2. The van der Waals surface area contributed by atoms with Gasteiger partial charge in [-0.2, -0.15) is 0 Å². The van der Waals surface area contributed by atoms with E-state index in [9.17, 15) is 9.59 Å². The molecule has 0 saturated heterocycles. The summed E-state index contributed by atoms with van der Waals surface area (Å²) >= 11 is 3.24. The highest BCUT2D eigenvalue weighted by atomic mass is 79.9. The summed E-state index contributed by atoms with van der Waals surface area (Å²) in [6, 6.07) is 18.8. The van der Waals surface area contributed by atoms with Crippen molar-refractivity contribution >= 4 is 27.7 Å². The monoisotopic (exact) mass is 413 g/mol. The average molecular weight is 414 g/mol. The van der Waals surface area contributed by atoms with Crippen LogP contribution >= 0.6 is 15.9 Å². The molecule has 132 valence electrons. The van der Waals surface area contributed by atoms with Crippen molar-refractivity contribution in [2.45, 2.75) is 0 Å². The Kier molecular flexibility index (Phi) is 5.70. The van der Waals surface area contributed by atoms with Gasteiger partial charge in [-0.15, -0.1) is 0 Å². The molecule has 0 aliphatic carbocycles. The van der Waals surface area contributed by atoms with Crippen LogP contribution < -0.4 is 15.6 Å². The van der Waals surface area contributed by atoms with Gasteiger partial charge < -0.3 is 9.72 Å². The van der Waals surface area contributed by atoms with Crippen LogP contribution in [0.5, 0.6) is 5.75 Å². The second-order valence-electron chi connectivity index (χ2n) is 5.38. The Bertz CT molecular complexity index is 909. The molecule has 0 atom stereocenters. The predicted molar refractivity (Wildman–Crippen MR) is 101 cm³/mol. The molecule has 0 bridgehead atoms. The Hall–Kier alpha value is -3.06. The van der Waals surface area contributed by atoms with E-state index in [1.165, 1.54) is 0 Å². The Balaban J connectivity index is 1.56. The van der Waals surface area contributed by atoms with Gasteiger partial charge in [0.25, 0.3) is 11.8 Å². The fraction of sp³-hybridized carbons (Fsp3) is 0.0526. The minimum Gasteiger partial charge on any atom is -0.483 e. The van der Waals surface area contributed by atoms with E-state index in [0.29, 0.717) is 11.4 Å². The number of halogens is 1. The summed E-state index contributed by atoms with van der Waals surface area (Å²) in [5.74, 6) is -0.325. The lowest BCUT2D eigenvalue weighted by atomic mass is 10.1. The van der Waals surface area contributed by atoms with Gasteiger partial charge in [-0.25, -0.2) is 0 Å². The van der Waals surface area contributed by atoms with Gasteiger partial charge in [0.15, 0.2) is 6.61 Å². The van der Waals surface area contributed by atoms with Crippen molar-refractivity contribution in [3.63, 3.8) is 0 Å². The van der Waals surface area contributed by atoms with Gasteiger partial charge in [0.2, 0.25) is 0 Å². The van der Waals surface area contributed by atoms with E-state index in [-0.39, 0.29) is 6.61 Å². The first-order valence-corrected chi connectivity index (χ1v) is 8.63. The molecule has 6 nitrogen and oxygen atoms in total. The van der Waals surface area contributed by atoms with Crippen LogP contribution in [0, 0.1) is 0 Å². The minimum absolute atomic E-state index is 0.224. The maximum Gasteiger partial charge on any atom is 0.286 e. The van der Waals surface area contributed by atoms with E-state index in [0.717, 1.165) is 15.6 Å². The van der Waals surface area contributed by atoms with Gasteiger partial charge in [0, 0.05) is 16.2 Å². The molecule has 0 saturated carbocycles. The molecule has 0 fully saturated rings. The van der Waals surface area contributed by atoms with Crippen LogP contribution in [0.15, 0.2) is 71.3 Å². The van der Waals surface area contributed by atoms with Gasteiger partial charge >= 0.3 is 0 Å². The largest absolute Gasteiger partial charge is 0.483 e. The molecule has 26 heavy (non-hydrogen) atoms. The molecule has 1 aromatic heterocycles. The van der Waals surface area contributed by atoms with E-state index >= 15 is 0 Å². The Morgan fingerprint density at radius 2 is 1.73 bits per heavy atom. The van der Waals surface area contributed by atoms with Crippen LogP contribution in [-0.4, -0.2) is 23.4 Å². The molecular weight excluding hydrogens is 398 g/mol. The Morgan fingerprint density at radius 1 is 1.00 bits per heavy atom. The number of carbonyl (C=O) groups excluding carboxylic acids is 2. The molecule has 0 radical (unpaired) electrons. The number of amides is 2. The number of rotatable bonds is 5. The quantitative estimate of drug-likeness (QED) is 0.561. The lowest BCUT2D eigenvalue weighted by Crippen LogP contribution is -2.43. The summed E-state index contributed by atoms with van der Waals surface area (Å²) in [7, 11) is 0. The van der Waals surface area contributed by atoms with Crippen molar-refractivity contribution in [2.75, 3.05) is 6.61 Å². The summed E-state index contributed by atoms with van der Waals surface area (Å²) in [6.45, 7) is -0.224. The topological polar surface area (TPSA) is 83.2 Å². The molecule has 7 heteroatoms. The van der Waals surface area contributed by atoms with Crippen LogP contribution in [0.2, 0.25) is 0 Å². The molecule has 0 aliphatic rings. The van der Waals surface area contributed by atoms with E-state index in [1.54, 1.807) is 18.3 Å². The number of benzene rings is 2. The zero-order valence-corrected chi connectivity index (χ0v) is 15.2. The first-order valence-electron chi connectivity index (χ1n) is 7.84. The third-order valence-corrected chi connectivity index (χ3v) is 4.00. The van der Waals surface area contributed by atoms with Gasteiger partial charge in [-0.3, -0.25) is 20.4 Å². The summed E-state index contributed by atoms with van der Waals surface area (Å²) in [4.78, 5) is 26.6. The zero-order chi connectivity index (χ0) is 18.4. The second kappa shape index (κ2) is 8.35. The number of hydrogen-bond donors (Lipinski definition) is 3. The number of aromatic nitrogens is 1. The maximum atomic E-state index is 11.9. The normalized spacial score (nSPS) is 10.2. The van der Waals surface area contributed by atoms with E-state index in [1.807, 2.05) is 48.5 Å². The van der Waals surface area contributed by atoms with Gasteiger partial charge in [0.1, 0.15) is 11.4 Å². The second-order valence-corrected chi connectivity index (χ2v) is 6.30. The first kappa shape index (κ1) is 17.8. The van der Waals surface area contributed by atoms with Crippen LogP contribution in [0.4, 0.5) is 0 Å². The number of nitrogens with one attached hydrogen (secondary N) is 3. The fourth-order valence-electron chi connectivity index (χ4n) is 2.32. The van der Waals surface area contributed by atoms with E-state index in [2.05, 4.69) is 31.8 Å². The SMILES string of the molecule is O=C(COc1ccccc1-c1ccccc1)NNC(=O)c1cc(Br)c[nH]1. The van der Waals surface area contributed by atoms with Crippen molar-refractivity contribution in [2.24, 2.45) is 0 Å². The standard InChI is InChI=1S/C19H16BrN3O3/c20-14-10-16(21-11-14)19(25)23-22-18(24)12-26-17-9-5-4-8-15(17)13-6-2-1-3-7-13/h1-11,21H,12H2,(H,22,24)(H,23,25). The number of hydrogen-bond acceptors (Lipinski definition) is 3. The number of para-hydroxylation sites is 1. The number of hydrazine groups is 1. The van der Waals surface area contributed by atoms with Crippen molar-refractivity contribution in [3.8, 4) is 16.9 Å². The first-order chi connectivity index (χ1) is 12.6. The summed E-state index contributed by atoms with van der Waals surface area (Å²) in [5.41, 5.74) is 6.86. The fourth-order valence-corrected chi connectivity index (χ4v) is 2.66. The van der Waals surface area contributed by atoms with Crippen molar-refractivity contribution < 1.29 is 14.3 Å². The number of ether oxygens (including phenoxy) is 1. The highest BCUT2D eigenvalue weighted by Gasteiger charge is 2.11. The van der Waals surface area contributed by atoms with Crippen LogP contribution in [0.1, 0.15) is 10.5 Å². The number of aromatic amines is 1. The molecule has 2 aromatic carbocycles. The van der Waals surface area contributed by atoms with Crippen LogP contribution in [0.3, 0.4) is 0 Å². The predicted octanol–water partition coefficient (Wildman–Crippen LogP) is 3.28. The summed E-state index contributed by atoms with van der Waals surface area (Å²) < 4.78 is 6.36. The Morgan fingerprint density at radius 3 is 2.46 bits per heavy atom. The van der Waals surface area contributed by atoms with Gasteiger partial charge in [-0.05, 0) is 33.6 Å². The molecule has 0 unspecified atom stereocenters. The molecule has 1 heterocycles. The summed E-state index contributed by atoms with van der Waals surface area (Å²) in [6.07, 6.45) is 1.63. The smallest absolute Gasteiger partial charge is 0.286 e. The lowest BCUT2D eigenvalue weighted by Gasteiger charge is -2.12. The molecule has 3 aromatic rings. The van der Waals surface area contributed by atoms with Gasteiger partial charge in [-0.1, -0.05) is 48.5 Å². The van der Waals surface area contributed by atoms with Crippen LogP contribution in [0.25, 0.3) is 11.1 Å².